The Hall–Kier alpha value is -3.40. The maximum Gasteiger partial charge on any atom is 0.491 e. The van der Waals surface area contributed by atoms with E-state index in [2.05, 4.69) is 14.6 Å². The Kier molecular flexibility index (Phi) is 7.39. The van der Waals surface area contributed by atoms with E-state index in [1.54, 1.807) is 31.2 Å². The fraction of sp³-hybridized carbons (Fsp3) is 0.400. The Balaban J connectivity index is 1.52. The molecular formula is C25H26F3N3O4. The van der Waals surface area contributed by atoms with Crippen molar-refractivity contribution < 1.29 is 27.4 Å². The number of ether oxygens (including phenoxy) is 2. The Morgan fingerprint density at radius 3 is 2.46 bits per heavy atom. The van der Waals surface area contributed by atoms with Gasteiger partial charge in [-0.05, 0) is 75.7 Å². The second kappa shape index (κ2) is 10.5. The second-order valence-corrected chi connectivity index (χ2v) is 8.44. The standard InChI is InChI=1S/C25H26F3N3O4/c1-17-29-20-7-5-8-21(35-24(33)25(26,27)28)22(20)23(32)31(17)18-9-11-19(12-10-18)34-16-6-15-30-13-3-2-4-14-30/h5,7-12H,2-4,6,13-16H2,1H3. The fourth-order valence-electron chi connectivity index (χ4n) is 4.21. The van der Waals surface area contributed by atoms with Crippen molar-refractivity contribution in [2.45, 2.75) is 38.8 Å². The van der Waals surface area contributed by atoms with Crippen LogP contribution in [0.25, 0.3) is 16.6 Å². The van der Waals surface area contributed by atoms with Crippen molar-refractivity contribution in [3.05, 3.63) is 58.6 Å². The molecule has 1 aliphatic rings. The molecule has 35 heavy (non-hydrogen) atoms. The number of fused-ring (bicyclic) bond motifs is 1. The van der Waals surface area contributed by atoms with E-state index in [-0.39, 0.29) is 10.9 Å². The molecule has 1 aliphatic heterocycles. The largest absolute Gasteiger partial charge is 0.494 e. The van der Waals surface area contributed by atoms with E-state index in [0.29, 0.717) is 23.9 Å². The van der Waals surface area contributed by atoms with Gasteiger partial charge in [-0.25, -0.2) is 9.78 Å². The third kappa shape index (κ3) is 5.82. The quantitative estimate of drug-likeness (QED) is 0.278. The predicted octanol–water partition coefficient (Wildman–Crippen LogP) is 4.42. The van der Waals surface area contributed by atoms with Crippen molar-refractivity contribution in [1.29, 1.82) is 0 Å². The molecule has 2 aromatic carbocycles. The van der Waals surface area contributed by atoms with Crippen molar-refractivity contribution in [2.75, 3.05) is 26.2 Å². The van der Waals surface area contributed by atoms with Crippen LogP contribution < -0.4 is 15.0 Å². The summed E-state index contributed by atoms with van der Waals surface area (Å²) < 4.78 is 49.7. The molecular weight excluding hydrogens is 463 g/mol. The Labute approximate surface area is 200 Å². The predicted molar refractivity (Wildman–Crippen MR) is 124 cm³/mol. The summed E-state index contributed by atoms with van der Waals surface area (Å²) >= 11 is 0. The van der Waals surface area contributed by atoms with E-state index in [4.69, 9.17) is 4.74 Å². The van der Waals surface area contributed by atoms with Crippen LogP contribution in [0.1, 0.15) is 31.5 Å². The minimum atomic E-state index is -5.19. The van der Waals surface area contributed by atoms with Crippen LogP contribution in [0.2, 0.25) is 0 Å². The van der Waals surface area contributed by atoms with Gasteiger partial charge in [0.15, 0.2) is 0 Å². The highest BCUT2D eigenvalue weighted by Crippen LogP contribution is 2.26. The highest BCUT2D eigenvalue weighted by atomic mass is 19.4. The summed E-state index contributed by atoms with van der Waals surface area (Å²) in [7, 11) is 0. The van der Waals surface area contributed by atoms with E-state index >= 15 is 0 Å². The first-order valence-electron chi connectivity index (χ1n) is 11.5. The topological polar surface area (TPSA) is 73.7 Å². The number of aryl methyl sites for hydroxylation is 1. The first kappa shape index (κ1) is 24.7. The summed E-state index contributed by atoms with van der Waals surface area (Å²) in [5.74, 6) is -1.92. The highest BCUT2D eigenvalue weighted by molar-refractivity contribution is 5.88. The molecule has 0 spiro atoms. The van der Waals surface area contributed by atoms with E-state index in [0.717, 1.165) is 32.1 Å². The molecule has 0 aliphatic carbocycles. The number of carbonyl (C=O) groups is 1. The SMILES string of the molecule is Cc1nc2cccc(OC(=O)C(F)(F)F)c2c(=O)n1-c1ccc(OCCCN2CCCCC2)cc1. The third-order valence-corrected chi connectivity index (χ3v) is 5.89. The van der Waals surface area contributed by atoms with Crippen LogP contribution in [-0.4, -0.2) is 52.8 Å². The van der Waals surface area contributed by atoms with Crippen molar-refractivity contribution in [1.82, 2.24) is 14.5 Å². The molecule has 0 radical (unpaired) electrons. The van der Waals surface area contributed by atoms with E-state index in [1.165, 1.54) is 36.0 Å². The van der Waals surface area contributed by atoms with Gasteiger partial charge in [0.25, 0.3) is 5.56 Å². The lowest BCUT2D eigenvalue weighted by Gasteiger charge is -2.26. The third-order valence-electron chi connectivity index (χ3n) is 5.89. The summed E-state index contributed by atoms with van der Waals surface area (Å²) in [5, 5.41) is -0.214. The zero-order valence-corrected chi connectivity index (χ0v) is 19.3. The van der Waals surface area contributed by atoms with Crippen LogP contribution in [0.15, 0.2) is 47.3 Å². The van der Waals surface area contributed by atoms with Gasteiger partial charge in [-0.2, -0.15) is 13.2 Å². The summed E-state index contributed by atoms with van der Waals surface area (Å²) in [6.45, 7) is 5.45. The molecule has 1 aromatic heterocycles. The van der Waals surface area contributed by atoms with Gasteiger partial charge < -0.3 is 14.4 Å². The molecule has 1 saturated heterocycles. The van der Waals surface area contributed by atoms with Gasteiger partial charge in [0, 0.05) is 6.54 Å². The molecule has 0 atom stereocenters. The maximum absolute atomic E-state index is 13.3. The number of aromatic nitrogens is 2. The van der Waals surface area contributed by atoms with Gasteiger partial charge in [0.2, 0.25) is 0 Å². The van der Waals surface area contributed by atoms with Gasteiger partial charge in [-0.3, -0.25) is 9.36 Å². The van der Waals surface area contributed by atoms with Gasteiger partial charge >= 0.3 is 12.1 Å². The molecule has 0 bridgehead atoms. The average Bonchev–Trinajstić information content (AvgIpc) is 2.82. The van der Waals surface area contributed by atoms with Crippen molar-refractivity contribution >= 4 is 16.9 Å². The molecule has 10 heteroatoms. The summed E-state index contributed by atoms with van der Waals surface area (Å²) in [4.78, 5) is 31.4. The molecule has 3 aromatic rings. The number of carbonyl (C=O) groups excluding carboxylic acids is 1. The number of hydrogen-bond acceptors (Lipinski definition) is 6. The smallest absolute Gasteiger partial charge is 0.491 e. The summed E-state index contributed by atoms with van der Waals surface area (Å²) in [6.07, 6.45) is -0.486. The normalized spacial score (nSPS) is 14.7. The average molecular weight is 489 g/mol. The van der Waals surface area contributed by atoms with Crippen LogP contribution >= 0.6 is 0 Å². The lowest BCUT2D eigenvalue weighted by molar-refractivity contribution is -0.189. The first-order valence-corrected chi connectivity index (χ1v) is 11.5. The van der Waals surface area contributed by atoms with Crippen LogP contribution in [0.5, 0.6) is 11.5 Å². The van der Waals surface area contributed by atoms with Gasteiger partial charge in [-0.15, -0.1) is 0 Å². The van der Waals surface area contributed by atoms with Crippen LogP contribution in [0.3, 0.4) is 0 Å². The lowest BCUT2D eigenvalue weighted by atomic mass is 10.1. The van der Waals surface area contributed by atoms with Crippen LogP contribution in [0, 0.1) is 6.92 Å². The molecule has 0 unspecified atom stereocenters. The molecule has 0 N–H and O–H groups in total. The van der Waals surface area contributed by atoms with Gasteiger partial charge in [0.1, 0.15) is 22.7 Å². The number of rotatable bonds is 7. The number of benzene rings is 2. The molecule has 2 heterocycles. The molecule has 4 rings (SSSR count). The number of hydrogen-bond donors (Lipinski definition) is 0. The Bertz CT molecular complexity index is 1250. The van der Waals surface area contributed by atoms with E-state index in [1.807, 2.05) is 0 Å². The molecule has 1 fully saturated rings. The fourth-order valence-corrected chi connectivity index (χ4v) is 4.21. The Morgan fingerprint density at radius 1 is 1.06 bits per heavy atom. The first-order chi connectivity index (χ1) is 16.7. The van der Waals surface area contributed by atoms with Crippen LogP contribution in [-0.2, 0) is 4.79 Å². The summed E-state index contributed by atoms with van der Waals surface area (Å²) in [5.41, 5.74) is -0.0577. The minimum Gasteiger partial charge on any atom is -0.494 e. The van der Waals surface area contributed by atoms with Gasteiger partial charge in [-0.1, -0.05) is 12.5 Å². The van der Waals surface area contributed by atoms with Crippen LogP contribution in [0.4, 0.5) is 13.2 Å². The zero-order valence-electron chi connectivity index (χ0n) is 19.3. The maximum atomic E-state index is 13.3. The minimum absolute atomic E-state index is 0.130. The zero-order chi connectivity index (χ0) is 25.0. The summed E-state index contributed by atoms with van der Waals surface area (Å²) in [6, 6.07) is 10.8. The Morgan fingerprint density at radius 2 is 1.77 bits per heavy atom. The van der Waals surface area contributed by atoms with Crippen molar-refractivity contribution in [3.8, 4) is 17.2 Å². The number of halogens is 3. The number of nitrogens with zero attached hydrogens (tertiary/aromatic N) is 3. The monoisotopic (exact) mass is 489 g/mol. The number of piperidine rings is 1. The molecule has 7 nitrogen and oxygen atoms in total. The molecule has 186 valence electrons. The molecule has 0 saturated carbocycles. The van der Waals surface area contributed by atoms with Crippen molar-refractivity contribution in [2.24, 2.45) is 0 Å². The highest BCUT2D eigenvalue weighted by Gasteiger charge is 2.41. The number of likely N-dealkylation sites (tertiary alicyclic amines) is 1. The van der Waals surface area contributed by atoms with E-state index < -0.39 is 23.5 Å². The molecule has 0 amide bonds. The lowest BCUT2D eigenvalue weighted by Crippen LogP contribution is -2.31. The van der Waals surface area contributed by atoms with Crippen molar-refractivity contribution in [3.63, 3.8) is 0 Å². The number of esters is 1. The number of alkyl halides is 3. The van der Waals surface area contributed by atoms with Gasteiger partial charge in [0.05, 0.1) is 17.8 Å². The van der Waals surface area contributed by atoms with E-state index in [9.17, 15) is 22.8 Å². The second-order valence-electron chi connectivity index (χ2n) is 8.44.